The number of fused-ring (bicyclic) bond motifs is 12. The summed E-state index contributed by atoms with van der Waals surface area (Å²) in [4.78, 5) is 30.2. The summed E-state index contributed by atoms with van der Waals surface area (Å²) in [6.45, 7) is 0. The molecule has 3 aromatic heterocycles. The third kappa shape index (κ3) is 5.35. The average Bonchev–Trinajstić information content (AvgIpc) is 4.03. The Morgan fingerprint density at radius 2 is 1.22 bits per heavy atom. The van der Waals surface area contributed by atoms with Gasteiger partial charge in [0.1, 0.15) is 14.7 Å². The number of primary sulfonamides is 1. The van der Waals surface area contributed by atoms with Crippen LogP contribution in [0.1, 0.15) is 22.3 Å². The molecule has 0 amide bonds. The van der Waals surface area contributed by atoms with Gasteiger partial charge in [0, 0.05) is 16.5 Å². The number of hydrogen-bond donors (Lipinski definition) is 6. The number of nitrogens with zero attached hydrogens (tertiary/aromatic N) is 11. The zero-order valence-corrected chi connectivity index (χ0v) is 39.5. The molecule has 25 nitrogen and oxygen atoms in total. The van der Waals surface area contributed by atoms with Gasteiger partial charge in [-0.25, -0.2) is 22.0 Å². The van der Waals surface area contributed by atoms with E-state index in [1.165, 1.54) is 74.4 Å². The molecule has 1 unspecified atom stereocenters. The van der Waals surface area contributed by atoms with Crippen molar-refractivity contribution in [2.45, 2.75) is 25.5 Å². The number of sulfonamides is 2. The number of nitrogens with one attached hydrogen (secondary N) is 2. The molecule has 5 aromatic carbocycles. The third-order valence-corrected chi connectivity index (χ3v) is 17.2. The second-order valence-corrected chi connectivity index (χ2v) is 23.1. The number of hydrogen-bond acceptors (Lipinski definition) is 17. The van der Waals surface area contributed by atoms with Crippen LogP contribution < -0.4 is 31.9 Å². The zero-order valence-electron chi connectivity index (χ0n) is 35.5. The predicted octanol–water partition coefficient (Wildman–Crippen LogP) is 1.81. The minimum Gasteiger partial charge on any atom is -0.368 e. The van der Waals surface area contributed by atoms with Crippen molar-refractivity contribution in [3.63, 3.8) is 0 Å². The van der Waals surface area contributed by atoms with Crippen molar-refractivity contribution >= 4 is 132 Å². The minimum absolute atomic E-state index is 0.0106. The van der Waals surface area contributed by atoms with Crippen molar-refractivity contribution in [2.75, 3.05) is 15.8 Å². The second kappa shape index (κ2) is 13.4. The van der Waals surface area contributed by atoms with Crippen molar-refractivity contribution in [3.8, 4) is 0 Å². The molecule has 6 aliphatic rings. The lowest BCUT2D eigenvalue weighted by molar-refractivity contribution is -0.790. The van der Waals surface area contributed by atoms with E-state index in [9.17, 15) is 34.4 Å². The molecule has 72 heavy (non-hydrogen) atoms. The van der Waals surface area contributed by atoms with Crippen LogP contribution in [0.3, 0.4) is 0 Å². The monoisotopic (exact) mass is 1060 g/mol. The largest absolute Gasteiger partial charge is 0.404 e. The van der Waals surface area contributed by atoms with Crippen LogP contribution in [0.15, 0.2) is 137 Å². The Morgan fingerprint density at radius 3 is 1.96 bits per heavy atom. The fourth-order valence-corrected chi connectivity index (χ4v) is 14.1. The first-order chi connectivity index (χ1) is 34.2. The zero-order chi connectivity index (χ0) is 49.9. The van der Waals surface area contributed by atoms with E-state index in [1.54, 1.807) is 28.8 Å². The molecule has 0 aliphatic carbocycles. The number of anilines is 4. The van der Waals surface area contributed by atoms with Crippen LogP contribution in [0.2, 0.25) is 5.28 Å². The van der Waals surface area contributed by atoms with Crippen molar-refractivity contribution in [3.05, 3.63) is 136 Å². The smallest absolute Gasteiger partial charge is 0.368 e. The second-order valence-electron chi connectivity index (χ2n) is 16.8. The molecule has 14 rings (SSSR count). The summed E-state index contributed by atoms with van der Waals surface area (Å²) >= 11 is 5.98. The predicted molar refractivity (Wildman–Crippen MR) is 254 cm³/mol. The summed E-state index contributed by atoms with van der Waals surface area (Å²) < 4.78 is 141. The van der Waals surface area contributed by atoms with Crippen LogP contribution in [-0.2, 0) is 46.2 Å². The number of rotatable bonds is 8. The summed E-state index contributed by atoms with van der Waals surface area (Å²) in [6.07, 6.45) is 0. The summed E-state index contributed by atoms with van der Waals surface area (Å²) in [5, 5.41) is 8.74. The Balaban J connectivity index is 1.13. The van der Waals surface area contributed by atoms with E-state index in [0.717, 1.165) is 12.1 Å². The highest BCUT2D eigenvalue weighted by Crippen LogP contribution is 2.54. The molecule has 0 saturated heterocycles. The van der Waals surface area contributed by atoms with E-state index in [0.29, 0.717) is 5.69 Å². The molecule has 8 aromatic rings. The molecule has 0 radical (unpaired) electrons. The molecule has 1 atom stereocenters. The molecule has 0 saturated carbocycles. The number of amidine groups is 4. The quantitative estimate of drug-likeness (QED) is 0.0934. The standard InChI is InChI=1S/C42H22ClN15O10S4/c43-39-51-40(44)53-41(52-39)46-17-6-1-7-18(16-17)54-70(61,62)24-13-3-9-20-28(24)36-48-31-19-8-2-12-23(69(45,59)60)27(19)35-47-33-21-10-4-14-25(71(63,64)65)29(21)38-50-34-22-11-5-15-26(72(66,67)68)30(22)37-49-32(20)56(36)42(55(31)35,57(33)38)58(34)37/h1-16,54H,(H5-2,44,45,46,51,52,53,59,60,63,64,65,66,67,68)/p+2. The van der Waals surface area contributed by atoms with E-state index in [-0.39, 0.29) is 122 Å². The van der Waals surface area contributed by atoms with Crippen LogP contribution in [0.5, 0.6) is 0 Å². The normalized spacial score (nSPS) is 17.7. The molecule has 8 N–H and O–H groups in total. The van der Waals surface area contributed by atoms with Gasteiger partial charge in [-0.1, -0.05) is 50.3 Å². The average molecular weight is 1060 g/mol. The van der Waals surface area contributed by atoms with E-state index >= 15 is 8.42 Å². The summed E-state index contributed by atoms with van der Waals surface area (Å²) in [5.74, 6) is -2.82. The van der Waals surface area contributed by atoms with E-state index in [1.807, 2.05) is 0 Å². The van der Waals surface area contributed by atoms with E-state index in [2.05, 4.69) is 25.0 Å². The molecule has 1 spiro atoms. The first-order valence-electron chi connectivity index (χ1n) is 20.8. The maximum absolute atomic E-state index is 15.1. The Kier molecular flexibility index (Phi) is 7.96. The van der Waals surface area contributed by atoms with E-state index < -0.39 is 56.0 Å². The Bertz CT molecular complexity index is 4820. The number of aliphatic imine (C=N–C) groups is 2. The molecule has 9 heterocycles. The Morgan fingerprint density at radius 1 is 0.597 bits per heavy atom. The summed E-state index contributed by atoms with van der Waals surface area (Å²) in [5.41, 5.74) is 6.12. The summed E-state index contributed by atoms with van der Waals surface area (Å²) in [6, 6.07) is 22.8. The summed E-state index contributed by atoms with van der Waals surface area (Å²) in [7, 11) is -19.3. The van der Waals surface area contributed by atoms with Crippen molar-refractivity contribution < 1.29 is 51.9 Å². The minimum atomic E-state index is -5.06. The van der Waals surface area contributed by atoms with Crippen molar-refractivity contribution in [1.82, 2.24) is 24.1 Å². The molecule has 356 valence electrons. The number of halogens is 1. The maximum atomic E-state index is 15.1. The van der Waals surface area contributed by atoms with Gasteiger partial charge in [-0.3, -0.25) is 13.8 Å². The molecular weight excluding hydrogens is 1040 g/mol. The van der Waals surface area contributed by atoms with Gasteiger partial charge in [-0.2, -0.15) is 40.9 Å². The highest BCUT2D eigenvalue weighted by molar-refractivity contribution is 7.93. The molecular formula is C42H24ClN15O10S4+2. The van der Waals surface area contributed by atoms with Gasteiger partial charge in [0.15, 0.2) is 0 Å². The van der Waals surface area contributed by atoms with Gasteiger partial charge >= 0.3 is 5.91 Å². The van der Waals surface area contributed by atoms with Gasteiger partial charge in [0.25, 0.3) is 53.6 Å². The lowest BCUT2D eigenvalue weighted by Crippen LogP contribution is -2.71. The van der Waals surface area contributed by atoms with Crippen molar-refractivity contribution in [2.24, 2.45) is 25.1 Å². The third-order valence-electron chi connectivity index (χ3n) is 12.9. The number of nitrogens with two attached hydrogens (primary N) is 2. The highest BCUT2D eigenvalue weighted by Gasteiger charge is 2.70. The lowest BCUT2D eigenvalue weighted by atomic mass is 10.1. The fourth-order valence-electron chi connectivity index (χ4n) is 10.4. The molecule has 30 heteroatoms. The van der Waals surface area contributed by atoms with Gasteiger partial charge in [0.05, 0.1) is 43.6 Å². The topological polar surface area (TPSA) is 357 Å². The Labute approximate surface area is 407 Å². The number of benzene rings is 5. The highest BCUT2D eigenvalue weighted by atomic mass is 35.5. The number of nitrogen functional groups attached to an aromatic ring is 1. The van der Waals surface area contributed by atoms with Gasteiger partial charge in [-0.15, -0.1) is 9.15 Å². The SMILES string of the molecule is Nc1nc(Cl)nc(Nc2cccc(NS(=O)(=O)c3cccc4c5n6c(c34)=NC3=[N+]4C(=Nc7c8cccc(S(=O)(=O)O)c8c8n7C64[N+]4=C(N=5)c5c(cccc5S(=O)(=O)O)C4=N8)c4c3cccc4S(N)(=O)=O)c2)n1. The van der Waals surface area contributed by atoms with Crippen LogP contribution in [0, 0.1) is 0 Å². The van der Waals surface area contributed by atoms with Crippen LogP contribution in [-0.4, -0.2) is 99.4 Å². The van der Waals surface area contributed by atoms with Crippen LogP contribution in [0.25, 0.3) is 21.5 Å². The first kappa shape index (κ1) is 42.7. The molecule has 0 bridgehead atoms. The van der Waals surface area contributed by atoms with Crippen LogP contribution in [0.4, 0.5) is 34.9 Å². The van der Waals surface area contributed by atoms with E-state index in [4.69, 9.17) is 42.4 Å². The fraction of sp³-hybridized carbons (Fsp3) is 0.0238. The number of aromatic nitrogens is 5. The molecule has 0 fully saturated rings. The van der Waals surface area contributed by atoms with Gasteiger partial charge < -0.3 is 11.1 Å². The van der Waals surface area contributed by atoms with Gasteiger partial charge in [0.2, 0.25) is 49.8 Å². The van der Waals surface area contributed by atoms with Gasteiger partial charge in [-0.05, 0) is 78.3 Å². The maximum Gasteiger partial charge on any atom is 0.404 e. The van der Waals surface area contributed by atoms with Crippen molar-refractivity contribution in [1.29, 1.82) is 0 Å². The lowest BCUT2D eigenvalue weighted by Gasteiger charge is -2.40. The first-order valence-corrected chi connectivity index (χ1v) is 27.1. The van der Waals surface area contributed by atoms with Crippen LogP contribution >= 0.6 is 11.6 Å². The molecule has 6 aliphatic heterocycles. The Hall–Kier alpha value is -8.16.